The number of amidine groups is 1. The highest BCUT2D eigenvalue weighted by molar-refractivity contribution is 5.96. The Labute approximate surface area is 108 Å². The van der Waals surface area contributed by atoms with Crippen molar-refractivity contribution in [2.45, 2.75) is 38.8 Å². The first-order valence-corrected chi connectivity index (χ1v) is 6.51. The maximum Gasteiger partial charge on any atom is 0.170 e. The molecule has 3 N–H and O–H groups in total. The molecule has 1 aliphatic rings. The normalized spacial score (nSPS) is 22.1. The van der Waals surface area contributed by atoms with E-state index in [0.717, 1.165) is 12.1 Å². The number of hydrogen-bond donors (Lipinski definition) is 2. The van der Waals surface area contributed by atoms with Crippen LogP contribution in [-0.4, -0.2) is 28.5 Å². The molecule has 0 bridgehead atoms. The number of nitrogens with two attached hydrogens (primary N) is 1. The monoisotopic (exact) mass is 247 g/mol. The molecule has 4 nitrogen and oxygen atoms in total. The third-order valence-electron chi connectivity index (χ3n) is 3.68. The fourth-order valence-electron chi connectivity index (χ4n) is 2.47. The van der Waals surface area contributed by atoms with Crippen LogP contribution in [0.4, 0.5) is 0 Å². The summed E-state index contributed by atoms with van der Waals surface area (Å²) < 4.78 is 0. The smallest absolute Gasteiger partial charge is 0.170 e. The van der Waals surface area contributed by atoms with E-state index < -0.39 is 0 Å². The van der Waals surface area contributed by atoms with Crippen LogP contribution in [0, 0.1) is 0 Å². The van der Waals surface area contributed by atoms with Gasteiger partial charge in [-0.25, -0.2) is 0 Å². The summed E-state index contributed by atoms with van der Waals surface area (Å²) in [5, 5.41) is 11.6. The first-order chi connectivity index (χ1) is 8.70. The Balaban J connectivity index is 2.01. The van der Waals surface area contributed by atoms with Crippen LogP contribution in [0.1, 0.15) is 37.3 Å². The second kappa shape index (κ2) is 5.87. The molecular formula is C14H21N3O. The molecule has 0 unspecified atom stereocenters. The second-order valence-electron chi connectivity index (χ2n) is 5.00. The van der Waals surface area contributed by atoms with Gasteiger partial charge in [-0.2, -0.15) is 0 Å². The van der Waals surface area contributed by atoms with Crippen LogP contribution >= 0.6 is 0 Å². The standard InChI is InChI=1S/C14H21N3O/c1-11-4-2-3-9-17(11)10-12-5-7-13(8-6-12)14(15)16-18/h5-8,11,18H,2-4,9-10H2,1H3,(H2,15,16)/t11-/m1/s1. The molecule has 0 aromatic heterocycles. The van der Waals surface area contributed by atoms with Gasteiger partial charge in [-0.15, -0.1) is 0 Å². The zero-order valence-electron chi connectivity index (χ0n) is 10.8. The van der Waals surface area contributed by atoms with Gasteiger partial charge in [0.25, 0.3) is 0 Å². The van der Waals surface area contributed by atoms with Gasteiger partial charge in [0, 0.05) is 18.2 Å². The molecule has 0 saturated carbocycles. The van der Waals surface area contributed by atoms with Crippen molar-refractivity contribution in [1.82, 2.24) is 4.90 Å². The highest BCUT2D eigenvalue weighted by Gasteiger charge is 2.17. The summed E-state index contributed by atoms with van der Waals surface area (Å²) in [6, 6.07) is 8.57. The van der Waals surface area contributed by atoms with Crippen molar-refractivity contribution in [2.75, 3.05) is 6.54 Å². The summed E-state index contributed by atoms with van der Waals surface area (Å²) in [6.45, 7) is 4.46. The number of nitrogens with zero attached hydrogens (tertiary/aromatic N) is 2. The molecule has 1 heterocycles. The SMILES string of the molecule is C[C@@H]1CCCCN1Cc1ccc(/C(N)=N\O)cc1. The van der Waals surface area contributed by atoms with Gasteiger partial charge in [-0.1, -0.05) is 35.8 Å². The Morgan fingerprint density at radius 2 is 2.11 bits per heavy atom. The lowest BCUT2D eigenvalue weighted by molar-refractivity contribution is 0.152. The van der Waals surface area contributed by atoms with Crippen molar-refractivity contribution in [3.8, 4) is 0 Å². The average molecular weight is 247 g/mol. The number of likely N-dealkylation sites (tertiary alicyclic amines) is 1. The zero-order chi connectivity index (χ0) is 13.0. The summed E-state index contributed by atoms with van der Waals surface area (Å²) in [6.07, 6.45) is 3.94. The van der Waals surface area contributed by atoms with Gasteiger partial charge in [0.2, 0.25) is 0 Å². The van der Waals surface area contributed by atoms with Crippen LogP contribution in [0.25, 0.3) is 0 Å². The Kier molecular flexibility index (Phi) is 4.20. The van der Waals surface area contributed by atoms with Crippen LogP contribution in [0.3, 0.4) is 0 Å². The van der Waals surface area contributed by atoms with E-state index >= 15 is 0 Å². The van der Waals surface area contributed by atoms with Gasteiger partial charge in [-0.05, 0) is 31.9 Å². The van der Waals surface area contributed by atoms with Gasteiger partial charge in [-0.3, -0.25) is 4.90 Å². The minimum Gasteiger partial charge on any atom is -0.409 e. The average Bonchev–Trinajstić information content (AvgIpc) is 2.41. The molecule has 0 radical (unpaired) electrons. The number of hydrogen-bond acceptors (Lipinski definition) is 3. The van der Waals surface area contributed by atoms with Gasteiger partial charge in [0.05, 0.1) is 0 Å². The summed E-state index contributed by atoms with van der Waals surface area (Å²) in [4.78, 5) is 2.52. The van der Waals surface area contributed by atoms with Crippen molar-refractivity contribution in [2.24, 2.45) is 10.9 Å². The lowest BCUT2D eigenvalue weighted by Gasteiger charge is -2.33. The van der Waals surface area contributed by atoms with Crippen LogP contribution < -0.4 is 5.73 Å². The van der Waals surface area contributed by atoms with E-state index in [9.17, 15) is 0 Å². The largest absolute Gasteiger partial charge is 0.409 e. The van der Waals surface area contributed by atoms with E-state index in [0.29, 0.717) is 6.04 Å². The van der Waals surface area contributed by atoms with E-state index in [1.807, 2.05) is 12.1 Å². The van der Waals surface area contributed by atoms with Crippen LogP contribution in [0.5, 0.6) is 0 Å². The highest BCUT2D eigenvalue weighted by atomic mass is 16.4. The molecule has 2 rings (SSSR count). The molecule has 1 aliphatic heterocycles. The summed E-state index contributed by atoms with van der Waals surface area (Å²) in [7, 11) is 0. The number of benzene rings is 1. The molecule has 1 aromatic rings. The minimum atomic E-state index is 0.160. The van der Waals surface area contributed by atoms with E-state index in [1.165, 1.54) is 31.4 Å². The van der Waals surface area contributed by atoms with Crippen molar-refractivity contribution in [1.29, 1.82) is 0 Å². The molecule has 0 aliphatic carbocycles. The van der Waals surface area contributed by atoms with Gasteiger partial charge in [0.1, 0.15) is 0 Å². The molecule has 1 saturated heterocycles. The lowest BCUT2D eigenvalue weighted by Crippen LogP contribution is -2.36. The van der Waals surface area contributed by atoms with Gasteiger partial charge >= 0.3 is 0 Å². The predicted molar refractivity (Wildman–Crippen MR) is 72.7 cm³/mol. The molecule has 4 heteroatoms. The quantitative estimate of drug-likeness (QED) is 0.372. The number of piperidine rings is 1. The van der Waals surface area contributed by atoms with E-state index in [1.54, 1.807) is 0 Å². The van der Waals surface area contributed by atoms with Crippen molar-refractivity contribution < 1.29 is 5.21 Å². The molecule has 98 valence electrons. The first-order valence-electron chi connectivity index (χ1n) is 6.51. The summed E-state index contributed by atoms with van der Waals surface area (Å²) in [5.41, 5.74) is 7.57. The predicted octanol–water partition coefficient (Wildman–Crippen LogP) is 2.16. The van der Waals surface area contributed by atoms with Gasteiger partial charge < -0.3 is 10.9 Å². The van der Waals surface area contributed by atoms with Crippen molar-refractivity contribution in [3.05, 3.63) is 35.4 Å². The van der Waals surface area contributed by atoms with E-state index in [2.05, 4.69) is 29.1 Å². The summed E-state index contributed by atoms with van der Waals surface area (Å²) in [5.74, 6) is 0.160. The Morgan fingerprint density at radius 1 is 1.39 bits per heavy atom. The maximum absolute atomic E-state index is 8.61. The number of oxime groups is 1. The third-order valence-corrected chi connectivity index (χ3v) is 3.68. The molecule has 1 fully saturated rings. The van der Waals surface area contributed by atoms with Crippen molar-refractivity contribution >= 4 is 5.84 Å². The van der Waals surface area contributed by atoms with Crippen LogP contribution in [-0.2, 0) is 6.54 Å². The van der Waals surface area contributed by atoms with Crippen LogP contribution in [0.2, 0.25) is 0 Å². The summed E-state index contributed by atoms with van der Waals surface area (Å²) >= 11 is 0. The fraction of sp³-hybridized carbons (Fsp3) is 0.500. The third kappa shape index (κ3) is 3.01. The van der Waals surface area contributed by atoms with Crippen LogP contribution in [0.15, 0.2) is 29.4 Å². The molecule has 0 spiro atoms. The highest BCUT2D eigenvalue weighted by Crippen LogP contribution is 2.19. The number of rotatable bonds is 3. The van der Waals surface area contributed by atoms with E-state index in [4.69, 9.17) is 10.9 Å². The maximum atomic E-state index is 8.61. The molecule has 0 amide bonds. The topological polar surface area (TPSA) is 61.8 Å². The lowest BCUT2D eigenvalue weighted by atomic mass is 10.0. The second-order valence-corrected chi connectivity index (χ2v) is 5.00. The first kappa shape index (κ1) is 12.9. The zero-order valence-corrected chi connectivity index (χ0v) is 10.8. The molecule has 18 heavy (non-hydrogen) atoms. The Bertz CT molecular complexity index is 414. The minimum absolute atomic E-state index is 0.160. The Morgan fingerprint density at radius 3 is 2.72 bits per heavy atom. The fourth-order valence-corrected chi connectivity index (χ4v) is 2.47. The molecule has 1 aromatic carbocycles. The molecule has 1 atom stereocenters. The van der Waals surface area contributed by atoms with E-state index in [-0.39, 0.29) is 5.84 Å². The molecular weight excluding hydrogens is 226 g/mol. The van der Waals surface area contributed by atoms with Crippen molar-refractivity contribution in [3.63, 3.8) is 0 Å². The Hall–Kier alpha value is -1.55. The van der Waals surface area contributed by atoms with Gasteiger partial charge in [0.15, 0.2) is 5.84 Å².